The summed E-state index contributed by atoms with van der Waals surface area (Å²) in [5.74, 6) is 0.175. The van der Waals surface area contributed by atoms with E-state index in [1.54, 1.807) is 0 Å². The van der Waals surface area contributed by atoms with Crippen LogP contribution in [0.1, 0.15) is 31.7 Å². The Morgan fingerprint density at radius 1 is 1.28 bits per heavy atom. The van der Waals surface area contributed by atoms with E-state index in [0.717, 1.165) is 12.0 Å². The van der Waals surface area contributed by atoms with E-state index >= 15 is 0 Å². The largest absolute Gasteiger partial charge is 0.393 e. The number of nitriles is 1. The quantitative estimate of drug-likeness (QED) is 0.719. The fourth-order valence-electron chi connectivity index (χ4n) is 1.72. The Labute approximate surface area is 109 Å². The third kappa shape index (κ3) is 5.81. The molecule has 3 heteroatoms. The van der Waals surface area contributed by atoms with Gasteiger partial charge < -0.3 is 9.84 Å². The van der Waals surface area contributed by atoms with Gasteiger partial charge >= 0.3 is 0 Å². The summed E-state index contributed by atoms with van der Waals surface area (Å²) in [5.41, 5.74) is 1.16. The minimum atomic E-state index is -0.398. The fourth-order valence-corrected chi connectivity index (χ4v) is 1.72. The molecule has 1 N–H and O–H groups in total. The number of rotatable bonds is 8. The molecule has 1 rings (SSSR count). The molecule has 2 atom stereocenters. The van der Waals surface area contributed by atoms with E-state index in [2.05, 4.69) is 6.07 Å². The van der Waals surface area contributed by atoms with Crippen molar-refractivity contribution in [3.8, 4) is 6.07 Å². The van der Waals surface area contributed by atoms with Crippen LogP contribution >= 0.6 is 0 Å². The first-order chi connectivity index (χ1) is 8.74. The third-order valence-corrected chi connectivity index (χ3v) is 3.04. The maximum atomic E-state index is 9.76. The van der Waals surface area contributed by atoms with Crippen LogP contribution in [0.4, 0.5) is 0 Å². The van der Waals surface area contributed by atoms with Crippen LogP contribution in [0.2, 0.25) is 0 Å². The predicted octanol–water partition coefficient (Wildman–Crippen LogP) is 2.89. The molecule has 0 aliphatic carbocycles. The van der Waals surface area contributed by atoms with Crippen LogP contribution in [0, 0.1) is 17.2 Å². The van der Waals surface area contributed by atoms with E-state index in [-0.39, 0.29) is 5.92 Å². The topological polar surface area (TPSA) is 53.2 Å². The molecule has 0 aliphatic rings. The lowest BCUT2D eigenvalue weighted by atomic mass is 9.98. The molecule has 0 heterocycles. The van der Waals surface area contributed by atoms with Crippen LogP contribution in [-0.2, 0) is 11.3 Å². The summed E-state index contributed by atoms with van der Waals surface area (Å²) in [6, 6.07) is 12.1. The van der Waals surface area contributed by atoms with Crippen molar-refractivity contribution in [2.24, 2.45) is 5.92 Å². The Hall–Kier alpha value is -1.37. The first kappa shape index (κ1) is 14.7. The number of hydrogen-bond acceptors (Lipinski definition) is 3. The van der Waals surface area contributed by atoms with Gasteiger partial charge in [0.1, 0.15) is 0 Å². The Morgan fingerprint density at radius 2 is 2.00 bits per heavy atom. The van der Waals surface area contributed by atoms with Crippen LogP contribution in [0.15, 0.2) is 30.3 Å². The SMILES string of the molecule is C[C@H](CCOCc1ccccc1)[C@H](O)CCC#N. The van der Waals surface area contributed by atoms with Crippen molar-refractivity contribution >= 4 is 0 Å². The predicted molar refractivity (Wildman–Crippen MR) is 70.7 cm³/mol. The van der Waals surface area contributed by atoms with Gasteiger partial charge in [0.05, 0.1) is 18.8 Å². The summed E-state index contributed by atoms with van der Waals surface area (Å²) in [7, 11) is 0. The van der Waals surface area contributed by atoms with Crippen molar-refractivity contribution in [2.45, 2.75) is 38.9 Å². The van der Waals surface area contributed by atoms with E-state index in [0.29, 0.717) is 26.1 Å². The van der Waals surface area contributed by atoms with Crippen LogP contribution in [0.5, 0.6) is 0 Å². The van der Waals surface area contributed by atoms with Gasteiger partial charge in [-0.1, -0.05) is 37.3 Å². The van der Waals surface area contributed by atoms with Crippen LogP contribution < -0.4 is 0 Å². The van der Waals surface area contributed by atoms with E-state index in [4.69, 9.17) is 10.00 Å². The molecule has 1 aromatic carbocycles. The maximum absolute atomic E-state index is 9.76. The Morgan fingerprint density at radius 3 is 2.67 bits per heavy atom. The molecule has 0 aromatic heterocycles. The van der Waals surface area contributed by atoms with Crippen LogP contribution in [0.25, 0.3) is 0 Å². The van der Waals surface area contributed by atoms with Gasteiger partial charge in [-0.3, -0.25) is 0 Å². The second-order valence-electron chi connectivity index (χ2n) is 4.57. The van der Waals surface area contributed by atoms with Crippen molar-refractivity contribution in [3.05, 3.63) is 35.9 Å². The van der Waals surface area contributed by atoms with Crippen molar-refractivity contribution < 1.29 is 9.84 Å². The monoisotopic (exact) mass is 247 g/mol. The normalized spacial score (nSPS) is 13.8. The molecule has 1 aromatic rings. The fraction of sp³-hybridized carbons (Fsp3) is 0.533. The molecule has 0 fully saturated rings. The average molecular weight is 247 g/mol. The molecule has 0 amide bonds. The highest BCUT2D eigenvalue weighted by Gasteiger charge is 2.13. The van der Waals surface area contributed by atoms with Gasteiger partial charge in [0, 0.05) is 13.0 Å². The minimum absolute atomic E-state index is 0.175. The molecular weight excluding hydrogens is 226 g/mol. The van der Waals surface area contributed by atoms with Crippen molar-refractivity contribution in [2.75, 3.05) is 6.61 Å². The number of aliphatic hydroxyl groups excluding tert-OH is 1. The lowest BCUT2D eigenvalue weighted by Gasteiger charge is -2.17. The van der Waals surface area contributed by atoms with Crippen LogP contribution in [0.3, 0.4) is 0 Å². The molecule has 0 spiro atoms. The summed E-state index contributed by atoms with van der Waals surface area (Å²) in [5, 5.41) is 18.2. The smallest absolute Gasteiger partial charge is 0.0716 e. The first-order valence-electron chi connectivity index (χ1n) is 6.40. The van der Waals surface area contributed by atoms with Gasteiger partial charge in [-0.15, -0.1) is 0 Å². The number of hydrogen-bond donors (Lipinski definition) is 1. The lowest BCUT2D eigenvalue weighted by molar-refractivity contribution is 0.0629. The molecule has 3 nitrogen and oxygen atoms in total. The molecule has 98 valence electrons. The molecule has 18 heavy (non-hydrogen) atoms. The standard InChI is InChI=1S/C15H21NO2/c1-13(15(17)8-5-10-16)9-11-18-12-14-6-3-2-4-7-14/h2-4,6-7,13,15,17H,5,8-9,11-12H2,1H3/t13-,15-/m1/s1. The average Bonchev–Trinajstić information content (AvgIpc) is 2.41. The summed E-state index contributed by atoms with van der Waals surface area (Å²) < 4.78 is 5.57. The summed E-state index contributed by atoms with van der Waals surface area (Å²) >= 11 is 0. The zero-order chi connectivity index (χ0) is 13.2. The van der Waals surface area contributed by atoms with E-state index in [1.165, 1.54) is 0 Å². The van der Waals surface area contributed by atoms with E-state index in [9.17, 15) is 5.11 Å². The molecule has 0 unspecified atom stereocenters. The second-order valence-corrected chi connectivity index (χ2v) is 4.57. The first-order valence-corrected chi connectivity index (χ1v) is 6.40. The number of benzene rings is 1. The van der Waals surface area contributed by atoms with Gasteiger partial charge in [0.15, 0.2) is 0 Å². The minimum Gasteiger partial charge on any atom is -0.393 e. The van der Waals surface area contributed by atoms with Gasteiger partial charge in [0.25, 0.3) is 0 Å². The Kier molecular flexibility index (Phi) is 7.09. The second kappa shape index (κ2) is 8.68. The Bertz CT molecular complexity index is 359. The zero-order valence-corrected chi connectivity index (χ0v) is 10.9. The van der Waals surface area contributed by atoms with E-state index < -0.39 is 6.10 Å². The molecule has 0 radical (unpaired) electrons. The molecule has 0 aliphatic heterocycles. The van der Waals surface area contributed by atoms with E-state index in [1.807, 2.05) is 37.3 Å². The summed E-state index contributed by atoms with van der Waals surface area (Å²) in [6.07, 6.45) is 1.39. The van der Waals surface area contributed by atoms with Crippen molar-refractivity contribution in [3.63, 3.8) is 0 Å². The summed E-state index contributed by atoms with van der Waals surface area (Å²) in [6.45, 7) is 3.25. The van der Waals surface area contributed by atoms with Crippen molar-refractivity contribution in [1.29, 1.82) is 5.26 Å². The highest BCUT2D eigenvalue weighted by atomic mass is 16.5. The zero-order valence-electron chi connectivity index (χ0n) is 10.9. The lowest BCUT2D eigenvalue weighted by Crippen LogP contribution is -2.19. The number of nitrogens with zero attached hydrogens (tertiary/aromatic N) is 1. The Balaban J connectivity index is 2.12. The van der Waals surface area contributed by atoms with Gasteiger partial charge in [-0.2, -0.15) is 5.26 Å². The van der Waals surface area contributed by atoms with Crippen molar-refractivity contribution in [1.82, 2.24) is 0 Å². The van der Waals surface area contributed by atoms with Gasteiger partial charge in [-0.25, -0.2) is 0 Å². The third-order valence-electron chi connectivity index (χ3n) is 3.04. The van der Waals surface area contributed by atoms with Crippen LogP contribution in [-0.4, -0.2) is 17.8 Å². The number of aliphatic hydroxyl groups is 1. The molecule has 0 bridgehead atoms. The maximum Gasteiger partial charge on any atom is 0.0716 e. The highest BCUT2D eigenvalue weighted by molar-refractivity contribution is 5.13. The molecule has 0 saturated carbocycles. The number of ether oxygens (including phenoxy) is 1. The van der Waals surface area contributed by atoms with Gasteiger partial charge in [-0.05, 0) is 24.3 Å². The molecular formula is C15H21NO2. The summed E-state index contributed by atoms with van der Waals surface area (Å²) in [4.78, 5) is 0. The van der Waals surface area contributed by atoms with Gasteiger partial charge in [0.2, 0.25) is 0 Å². The highest BCUT2D eigenvalue weighted by Crippen LogP contribution is 2.13. The molecule has 0 saturated heterocycles.